The number of hydrazone groups is 1. The Balaban J connectivity index is 1.49. The summed E-state index contributed by atoms with van der Waals surface area (Å²) in [5, 5.41) is 5.24. The molecule has 0 spiro atoms. The Morgan fingerprint density at radius 3 is 2.86 bits per heavy atom. The van der Waals surface area contributed by atoms with Gasteiger partial charge in [-0.05, 0) is 42.2 Å². The first kappa shape index (κ1) is 20.4. The second-order valence-corrected chi connectivity index (χ2v) is 8.15. The van der Waals surface area contributed by atoms with Gasteiger partial charge in [0.05, 0.1) is 24.4 Å². The zero-order valence-electron chi connectivity index (χ0n) is 16.6. The van der Waals surface area contributed by atoms with Crippen molar-refractivity contribution < 1.29 is 14.3 Å². The predicted molar refractivity (Wildman–Crippen MR) is 114 cm³/mol. The van der Waals surface area contributed by atoms with Crippen LogP contribution in [0.15, 0.2) is 35.4 Å². The van der Waals surface area contributed by atoms with Gasteiger partial charge in [-0.2, -0.15) is 5.10 Å². The van der Waals surface area contributed by atoms with Crippen molar-refractivity contribution >= 4 is 28.5 Å². The van der Waals surface area contributed by atoms with E-state index in [2.05, 4.69) is 41.4 Å². The summed E-state index contributed by atoms with van der Waals surface area (Å²) in [6.45, 7) is 9.48. The smallest absolute Gasteiger partial charge is 0.277 e. The number of morpholine rings is 1. The van der Waals surface area contributed by atoms with Crippen LogP contribution >= 0.6 is 11.3 Å². The highest BCUT2D eigenvalue weighted by atomic mass is 32.1. The van der Waals surface area contributed by atoms with Gasteiger partial charge in [0.2, 0.25) is 0 Å². The van der Waals surface area contributed by atoms with Gasteiger partial charge in [-0.1, -0.05) is 26.0 Å². The van der Waals surface area contributed by atoms with Crippen molar-refractivity contribution in [3.05, 3.63) is 46.3 Å². The fourth-order valence-corrected chi connectivity index (χ4v) is 3.88. The Bertz CT molecular complexity index is 826. The van der Waals surface area contributed by atoms with E-state index in [0.29, 0.717) is 5.92 Å². The third-order valence-corrected chi connectivity index (χ3v) is 5.55. The van der Waals surface area contributed by atoms with Crippen LogP contribution in [-0.2, 0) is 9.53 Å². The van der Waals surface area contributed by atoms with Crippen molar-refractivity contribution in [2.75, 3.05) is 37.8 Å². The van der Waals surface area contributed by atoms with Crippen LogP contribution in [0.2, 0.25) is 0 Å². The zero-order chi connectivity index (χ0) is 19.9. The lowest BCUT2D eigenvalue weighted by molar-refractivity contribution is -0.123. The molecular weight excluding hydrogens is 374 g/mol. The van der Waals surface area contributed by atoms with E-state index in [1.54, 1.807) is 17.6 Å². The second-order valence-electron chi connectivity index (χ2n) is 7.05. The summed E-state index contributed by atoms with van der Waals surface area (Å²) < 4.78 is 11.1. The molecule has 0 radical (unpaired) electrons. The molecule has 28 heavy (non-hydrogen) atoms. The highest BCUT2D eigenvalue weighted by Gasteiger charge is 2.13. The van der Waals surface area contributed by atoms with Crippen LogP contribution < -0.4 is 15.1 Å². The topological polar surface area (TPSA) is 63.2 Å². The van der Waals surface area contributed by atoms with Crippen LogP contribution in [-0.4, -0.2) is 45.0 Å². The molecule has 2 heterocycles. The number of amides is 1. The van der Waals surface area contributed by atoms with Crippen molar-refractivity contribution in [3.63, 3.8) is 0 Å². The number of ether oxygens (including phenoxy) is 2. The quantitative estimate of drug-likeness (QED) is 0.569. The van der Waals surface area contributed by atoms with Gasteiger partial charge in [0.25, 0.3) is 5.91 Å². The van der Waals surface area contributed by atoms with Gasteiger partial charge in [0.15, 0.2) is 6.61 Å². The number of hydrogen-bond donors (Lipinski definition) is 1. The van der Waals surface area contributed by atoms with Crippen LogP contribution in [0.25, 0.3) is 0 Å². The zero-order valence-corrected chi connectivity index (χ0v) is 17.4. The number of nitrogens with one attached hydrogen (secondary N) is 1. The average molecular weight is 402 g/mol. The molecule has 0 unspecified atom stereocenters. The summed E-state index contributed by atoms with van der Waals surface area (Å²) in [6, 6.07) is 10.1. The third kappa shape index (κ3) is 5.56. The summed E-state index contributed by atoms with van der Waals surface area (Å²) in [5.41, 5.74) is 4.73. The lowest BCUT2D eigenvalue weighted by atomic mass is 10.0. The van der Waals surface area contributed by atoms with E-state index in [4.69, 9.17) is 9.47 Å². The summed E-state index contributed by atoms with van der Waals surface area (Å²) in [5.74, 6) is 0.802. The molecule has 1 aliphatic heterocycles. The highest BCUT2D eigenvalue weighted by molar-refractivity contribution is 7.17. The Kier molecular flexibility index (Phi) is 7.06. The lowest BCUT2D eigenvalue weighted by Gasteiger charge is -2.27. The Morgan fingerprint density at radius 1 is 1.32 bits per heavy atom. The summed E-state index contributed by atoms with van der Waals surface area (Å²) in [6.07, 6.45) is 1.67. The molecule has 2 aromatic rings. The van der Waals surface area contributed by atoms with Crippen molar-refractivity contribution in [3.8, 4) is 5.75 Å². The molecule has 0 bridgehead atoms. The van der Waals surface area contributed by atoms with Crippen LogP contribution in [0.1, 0.15) is 35.8 Å². The van der Waals surface area contributed by atoms with Gasteiger partial charge in [-0.25, -0.2) is 5.43 Å². The summed E-state index contributed by atoms with van der Waals surface area (Å²) in [4.78, 5) is 15.3. The maximum atomic E-state index is 12.1. The standard InChI is InChI=1S/C21H27N3O3S/c1-15(2)18-6-4-16(3)12-19(18)27-14-20(25)23-22-13-17-5-7-21(28-17)24-8-10-26-11-9-24/h4-7,12-13,15H,8-11,14H2,1-3H3,(H,23,25)/b22-13+. The fourth-order valence-electron chi connectivity index (χ4n) is 2.95. The van der Waals surface area contributed by atoms with Crippen molar-refractivity contribution in [1.29, 1.82) is 0 Å². The number of rotatable bonds is 7. The molecule has 6 nitrogen and oxygen atoms in total. The van der Waals surface area contributed by atoms with Gasteiger partial charge in [-0.3, -0.25) is 4.79 Å². The first-order valence-corrected chi connectivity index (χ1v) is 10.3. The van der Waals surface area contributed by atoms with E-state index in [1.165, 1.54) is 5.00 Å². The molecule has 150 valence electrons. The summed E-state index contributed by atoms with van der Waals surface area (Å²) in [7, 11) is 0. The Hall–Kier alpha value is -2.38. The minimum absolute atomic E-state index is 0.0655. The minimum Gasteiger partial charge on any atom is -0.483 e. The van der Waals surface area contributed by atoms with Crippen LogP contribution in [0, 0.1) is 6.92 Å². The first-order valence-electron chi connectivity index (χ1n) is 9.50. The highest BCUT2D eigenvalue weighted by Crippen LogP contribution is 2.27. The van der Waals surface area contributed by atoms with E-state index in [1.807, 2.05) is 25.1 Å². The minimum atomic E-state index is -0.280. The molecule has 0 saturated carbocycles. The number of benzene rings is 1. The van der Waals surface area contributed by atoms with Gasteiger partial charge in [0, 0.05) is 18.0 Å². The molecule has 0 aliphatic carbocycles. The molecule has 1 aromatic carbocycles. The first-order chi connectivity index (χ1) is 13.5. The molecule has 0 atom stereocenters. The maximum Gasteiger partial charge on any atom is 0.277 e. The number of hydrogen-bond acceptors (Lipinski definition) is 6. The molecule has 1 aromatic heterocycles. The SMILES string of the molecule is Cc1ccc(C(C)C)c(OCC(=O)N/N=C/c2ccc(N3CCOCC3)s2)c1. The van der Waals surface area contributed by atoms with Gasteiger partial charge < -0.3 is 14.4 Å². The summed E-state index contributed by atoms with van der Waals surface area (Å²) >= 11 is 1.65. The Morgan fingerprint density at radius 2 is 2.11 bits per heavy atom. The normalized spacial score (nSPS) is 14.6. The second kappa shape index (κ2) is 9.71. The van der Waals surface area contributed by atoms with Crippen LogP contribution in [0.4, 0.5) is 5.00 Å². The molecule has 3 rings (SSSR count). The van der Waals surface area contributed by atoms with Crippen LogP contribution in [0.3, 0.4) is 0 Å². The van der Waals surface area contributed by atoms with Crippen molar-refractivity contribution in [2.24, 2.45) is 5.10 Å². The monoisotopic (exact) mass is 401 g/mol. The Labute approximate surface area is 170 Å². The fraction of sp³-hybridized carbons (Fsp3) is 0.429. The number of carbonyl (C=O) groups excluding carboxylic acids is 1. The number of nitrogens with zero attached hydrogens (tertiary/aromatic N) is 2. The van der Waals surface area contributed by atoms with Gasteiger partial charge in [-0.15, -0.1) is 11.3 Å². The molecule has 1 aliphatic rings. The van der Waals surface area contributed by atoms with Crippen LogP contribution in [0.5, 0.6) is 5.75 Å². The molecule has 1 fully saturated rings. The van der Waals surface area contributed by atoms with E-state index >= 15 is 0 Å². The maximum absolute atomic E-state index is 12.1. The molecule has 7 heteroatoms. The number of aryl methyl sites for hydroxylation is 1. The van der Waals surface area contributed by atoms with Crippen molar-refractivity contribution in [2.45, 2.75) is 26.7 Å². The van der Waals surface area contributed by atoms with E-state index in [0.717, 1.165) is 48.1 Å². The van der Waals surface area contributed by atoms with Crippen molar-refractivity contribution in [1.82, 2.24) is 5.43 Å². The van der Waals surface area contributed by atoms with E-state index < -0.39 is 0 Å². The number of anilines is 1. The number of carbonyl (C=O) groups is 1. The van der Waals surface area contributed by atoms with Gasteiger partial charge in [0.1, 0.15) is 5.75 Å². The van der Waals surface area contributed by atoms with E-state index in [9.17, 15) is 4.79 Å². The molecular formula is C21H27N3O3S. The number of thiophene rings is 1. The molecule has 1 N–H and O–H groups in total. The predicted octanol–water partition coefficient (Wildman–Crippen LogP) is 3.55. The van der Waals surface area contributed by atoms with E-state index in [-0.39, 0.29) is 12.5 Å². The third-order valence-electron chi connectivity index (χ3n) is 4.47. The average Bonchev–Trinajstić information content (AvgIpc) is 3.16. The lowest BCUT2D eigenvalue weighted by Crippen LogP contribution is -2.35. The molecule has 1 saturated heterocycles. The molecule has 1 amide bonds. The van der Waals surface area contributed by atoms with Gasteiger partial charge >= 0.3 is 0 Å². The largest absolute Gasteiger partial charge is 0.483 e.